The van der Waals surface area contributed by atoms with Crippen LogP contribution >= 0.6 is 0 Å². The molecule has 0 bridgehead atoms. The summed E-state index contributed by atoms with van der Waals surface area (Å²) in [5.74, 6) is 0. The number of ether oxygens (including phenoxy) is 1. The zero-order chi connectivity index (χ0) is 13.4. The maximum atomic E-state index is 10.5. The van der Waals surface area contributed by atoms with Crippen LogP contribution in [0.3, 0.4) is 0 Å². The van der Waals surface area contributed by atoms with Crippen LogP contribution in [0.2, 0.25) is 0 Å². The second-order valence-corrected chi connectivity index (χ2v) is 3.36. The fourth-order valence-electron chi connectivity index (χ4n) is 1.32. The van der Waals surface area contributed by atoms with Crippen LogP contribution in [0.4, 0.5) is 11.4 Å². The summed E-state index contributed by atoms with van der Waals surface area (Å²) in [5, 5.41) is 30.9. The van der Waals surface area contributed by atoms with E-state index in [9.17, 15) is 10.1 Å². The summed E-state index contributed by atoms with van der Waals surface area (Å²) >= 11 is 0. The molecule has 0 saturated heterocycles. The van der Waals surface area contributed by atoms with Gasteiger partial charge in [0, 0.05) is 18.7 Å². The molecular formula is C11H13N3O4. The highest BCUT2D eigenvalue weighted by Crippen LogP contribution is 2.20. The number of aliphatic hydroxyl groups is 1. The van der Waals surface area contributed by atoms with Crippen molar-refractivity contribution in [2.45, 2.75) is 0 Å². The molecule has 0 heterocycles. The second kappa shape index (κ2) is 7.21. The van der Waals surface area contributed by atoms with E-state index in [-0.39, 0.29) is 24.5 Å². The van der Waals surface area contributed by atoms with Crippen LogP contribution in [0.5, 0.6) is 0 Å². The molecule has 1 rings (SSSR count). The predicted octanol–water partition coefficient (Wildman–Crippen LogP) is 0.887. The average Bonchev–Trinajstić information content (AvgIpc) is 2.38. The van der Waals surface area contributed by atoms with E-state index in [1.54, 1.807) is 0 Å². The van der Waals surface area contributed by atoms with Gasteiger partial charge in [-0.1, -0.05) is 0 Å². The third-order valence-corrected chi connectivity index (χ3v) is 2.13. The van der Waals surface area contributed by atoms with Crippen LogP contribution in [-0.2, 0) is 4.74 Å². The number of nitro groups is 1. The van der Waals surface area contributed by atoms with E-state index < -0.39 is 4.92 Å². The first-order chi connectivity index (χ1) is 8.69. The molecule has 0 saturated carbocycles. The molecule has 0 fully saturated rings. The van der Waals surface area contributed by atoms with Gasteiger partial charge in [0.2, 0.25) is 0 Å². The number of anilines is 1. The van der Waals surface area contributed by atoms with E-state index in [2.05, 4.69) is 5.32 Å². The first kappa shape index (κ1) is 13.9. The Morgan fingerprint density at radius 1 is 1.50 bits per heavy atom. The average molecular weight is 251 g/mol. The Morgan fingerprint density at radius 2 is 2.28 bits per heavy atom. The summed E-state index contributed by atoms with van der Waals surface area (Å²) in [5.41, 5.74) is 0.621. The maximum absolute atomic E-state index is 10.5. The first-order valence-corrected chi connectivity index (χ1v) is 5.30. The molecule has 0 radical (unpaired) electrons. The van der Waals surface area contributed by atoms with Crippen molar-refractivity contribution in [2.75, 3.05) is 31.7 Å². The van der Waals surface area contributed by atoms with E-state index in [1.807, 2.05) is 6.07 Å². The Labute approximate surface area is 104 Å². The molecule has 0 amide bonds. The SMILES string of the molecule is N#Cc1cc([N+](=O)[O-])ccc1NCCOCCO. The molecule has 96 valence electrons. The van der Waals surface area contributed by atoms with Crippen molar-refractivity contribution in [3.8, 4) is 6.07 Å². The second-order valence-electron chi connectivity index (χ2n) is 3.36. The Hall–Kier alpha value is -2.17. The van der Waals surface area contributed by atoms with Gasteiger partial charge >= 0.3 is 0 Å². The number of hydrogen-bond donors (Lipinski definition) is 2. The van der Waals surface area contributed by atoms with Crippen molar-refractivity contribution in [1.82, 2.24) is 0 Å². The van der Waals surface area contributed by atoms with Crippen LogP contribution in [0, 0.1) is 21.4 Å². The van der Waals surface area contributed by atoms with Gasteiger partial charge in [0.15, 0.2) is 0 Å². The van der Waals surface area contributed by atoms with Gasteiger partial charge in [-0.3, -0.25) is 10.1 Å². The Kier molecular flexibility index (Phi) is 5.57. The number of nitrogens with zero attached hydrogens (tertiary/aromatic N) is 2. The van der Waals surface area contributed by atoms with E-state index in [0.717, 1.165) is 0 Å². The zero-order valence-corrected chi connectivity index (χ0v) is 9.63. The quantitative estimate of drug-likeness (QED) is 0.423. The highest BCUT2D eigenvalue weighted by atomic mass is 16.6. The number of aliphatic hydroxyl groups excluding tert-OH is 1. The van der Waals surface area contributed by atoms with Gasteiger partial charge < -0.3 is 15.2 Å². The lowest BCUT2D eigenvalue weighted by molar-refractivity contribution is -0.384. The van der Waals surface area contributed by atoms with Gasteiger partial charge in [0.25, 0.3) is 5.69 Å². The maximum Gasteiger partial charge on any atom is 0.270 e. The fourth-order valence-corrected chi connectivity index (χ4v) is 1.32. The molecule has 0 aliphatic rings. The van der Waals surface area contributed by atoms with E-state index in [0.29, 0.717) is 18.8 Å². The number of nitriles is 1. The summed E-state index contributed by atoms with van der Waals surface area (Å²) in [6.45, 7) is 1.04. The van der Waals surface area contributed by atoms with Gasteiger partial charge in [0.1, 0.15) is 6.07 Å². The lowest BCUT2D eigenvalue weighted by Crippen LogP contribution is -2.12. The van der Waals surface area contributed by atoms with Crippen LogP contribution in [0.1, 0.15) is 5.56 Å². The summed E-state index contributed by atoms with van der Waals surface area (Å²) in [6, 6.07) is 5.93. The molecule has 0 spiro atoms. The van der Waals surface area contributed by atoms with Gasteiger partial charge in [-0.05, 0) is 6.07 Å². The summed E-state index contributed by atoms with van der Waals surface area (Å²) in [6.07, 6.45) is 0. The summed E-state index contributed by atoms with van der Waals surface area (Å²) in [4.78, 5) is 10.00. The normalized spacial score (nSPS) is 9.78. The number of non-ortho nitro benzene ring substituents is 1. The molecule has 7 heteroatoms. The number of nitro benzene ring substituents is 1. The molecule has 0 unspecified atom stereocenters. The summed E-state index contributed by atoms with van der Waals surface area (Å²) < 4.78 is 5.04. The minimum Gasteiger partial charge on any atom is -0.394 e. The highest BCUT2D eigenvalue weighted by molar-refractivity contribution is 5.61. The van der Waals surface area contributed by atoms with Crippen molar-refractivity contribution < 1.29 is 14.8 Å². The minimum atomic E-state index is -0.547. The van der Waals surface area contributed by atoms with Crippen molar-refractivity contribution in [3.63, 3.8) is 0 Å². The van der Waals surface area contributed by atoms with E-state index in [4.69, 9.17) is 15.1 Å². The predicted molar refractivity (Wildman–Crippen MR) is 64.2 cm³/mol. The molecule has 7 nitrogen and oxygen atoms in total. The molecule has 1 aromatic carbocycles. The van der Waals surface area contributed by atoms with Gasteiger partial charge in [-0.2, -0.15) is 5.26 Å². The lowest BCUT2D eigenvalue weighted by Gasteiger charge is -2.08. The Morgan fingerprint density at radius 3 is 2.89 bits per heavy atom. The molecular weight excluding hydrogens is 238 g/mol. The highest BCUT2D eigenvalue weighted by Gasteiger charge is 2.09. The third-order valence-electron chi connectivity index (χ3n) is 2.13. The summed E-state index contributed by atoms with van der Waals surface area (Å²) in [7, 11) is 0. The van der Waals surface area contributed by atoms with Crippen LogP contribution in [0.25, 0.3) is 0 Å². The number of nitrogens with one attached hydrogen (secondary N) is 1. The molecule has 0 aromatic heterocycles. The first-order valence-electron chi connectivity index (χ1n) is 5.30. The van der Waals surface area contributed by atoms with Crippen molar-refractivity contribution in [2.24, 2.45) is 0 Å². The van der Waals surface area contributed by atoms with E-state index >= 15 is 0 Å². The molecule has 1 aromatic rings. The molecule has 0 aliphatic heterocycles. The number of rotatable bonds is 7. The third kappa shape index (κ3) is 4.01. The van der Waals surface area contributed by atoms with Gasteiger partial charge in [-0.15, -0.1) is 0 Å². The minimum absolute atomic E-state index is 0.0407. The van der Waals surface area contributed by atoms with Crippen LogP contribution in [0.15, 0.2) is 18.2 Å². The Balaban J connectivity index is 2.61. The monoisotopic (exact) mass is 251 g/mol. The largest absolute Gasteiger partial charge is 0.394 e. The van der Waals surface area contributed by atoms with Crippen molar-refractivity contribution >= 4 is 11.4 Å². The zero-order valence-electron chi connectivity index (χ0n) is 9.63. The standard InChI is InChI=1S/C11H13N3O4/c12-8-9-7-10(14(16)17)1-2-11(9)13-3-5-18-6-4-15/h1-2,7,13,15H,3-6H2. The Bertz CT molecular complexity index is 456. The van der Waals surface area contributed by atoms with Gasteiger partial charge in [-0.25, -0.2) is 0 Å². The molecule has 2 N–H and O–H groups in total. The topological polar surface area (TPSA) is 108 Å². The molecule has 0 aliphatic carbocycles. The lowest BCUT2D eigenvalue weighted by atomic mass is 10.1. The number of benzene rings is 1. The van der Waals surface area contributed by atoms with E-state index in [1.165, 1.54) is 18.2 Å². The van der Waals surface area contributed by atoms with Crippen LogP contribution < -0.4 is 5.32 Å². The number of hydrogen-bond acceptors (Lipinski definition) is 6. The molecule has 0 atom stereocenters. The van der Waals surface area contributed by atoms with Gasteiger partial charge in [0.05, 0.1) is 36.0 Å². The molecule has 18 heavy (non-hydrogen) atoms. The van der Waals surface area contributed by atoms with Crippen molar-refractivity contribution in [3.05, 3.63) is 33.9 Å². The fraction of sp³-hybridized carbons (Fsp3) is 0.364. The van der Waals surface area contributed by atoms with Crippen molar-refractivity contribution in [1.29, 1.82) is 5.26 Å². The van der Waals surface area contributed by atoms with Crippen LogP contribution in [-0.4, -0.2) is 36.4 Å². The smallest absolute Gasteiger partial charge is 0.270 e.